The Bertz CT molecular complexity index is 309. The average molecular weight is 252 g/mol. The molecule has 4 nitrogen and oxygen atoms in total. The van der Waals surface area contributed by atoms with Gasteiger partial charge in [-0.25, -0.2) is 8.42 Å². The first kappa shape index (κ1) is 12.8. The van der Waals surface area contributed by atoms with Gasteiger partial charge in [-0.2, -0.15) is 11.8 Å². The zero-order valence-corrected chi connectivity index (χ0v) is 10.3. The third-order valence-corrected chi connectivity index (χ3v) is 5.24. The maximum Gasteiger partial charge on any atom is 0.307 e. The Kier molecular flexibility index (Phi) is 4.45. The second kappa shape index (κ2) is 5.21. The van der Waals surface area contributed by atoms with E-state index in [0.29, 0.717) is 18.6 Å². The topological polar surface area (TPSA) is 71.4 Å². The Labute approximate surface area is 94.4 Å². The molecule has 0 aromatic heterocycles. The summed E-state index contributed by atoms with van der Waals surface area (Å²) in [4.78, 5) is 11.0. The largest absolute Gasteiger partial charge is 0.481 e. The quantitative estimate of drug-likeness (QED) is 0.804. The van der Waals surface area contributed by atoms with Gasteiger partial charge in [0.2, 0.25) is 0 Å². The van der Waals surface area contributed by atoms with E-state index in [4.69, 9.17) is 5.11 Å². The van der Waals surface area contributed by atoms with Gasteiger partial charge in [-0.1, -0.05) is 0 Å². The van der Waals surface area contributed by atoms with Crippen LogP contribution < -0.4 is 0 Å². The molecule has 1 rings (SSSR count). The number of sulfone groups is 1. The molecule has 0 aromatic carbocycles. The molecule has 0 bridgehead atoms. The summed E-state index contributed by atoms with van der Waals surface area (Å²) in [6.07, 6.45) is 2.87. The van der Waals surface area contributed by atoms with Gasteiger partial charge in [0.1, 0.15) is 9.84 Å². The van der Waals surface area contributed by atoms with Gasteiger partial charge < -0.3 is 5.11 Å². The molecule has 88 valence electrons. The second-order valence-corrected chi connectivity index (χ2v) is 7.10. The molecule has 1 aliphatic rings. The molecule has 15 heavy (non-hydrogen) atoms. The van der Waals surface area contributed by atoms with Crippen LogP contribution in [-0.4, -0.2) is 43.0 Å². The minimum atomic E-state index is -2.89. The van der Waals surface area contributed by atoms with E-state index in [0.717, 1.165) is 0 Å². The summed E-state index contributed by atoms with van der Waals surface area (Å²) in [5.74, 6) is -0.297. The lowest BCUT2D eigenvalue weighted by Gasteiger charge is -2.26. The van der Waals surface area contributed by atoms with Gasteiger partial charge in [-0.05, 0) is 25.0 Å². The second-order valence-electron chi connectivity index (χ2n) is 3.89. The number of rotatable bonds is 4. The smallest absolute Gasteiger partial charge is 0.307 e. The van der Waals surface area contributed by atoms with Crippen molar-refractivity contribution in [2.45, 2.75) is 12.8 Å². The summed E-state index contributed by atoms with van der Waals surface area (Å²) >= 11 is 1.50. The van der Waals surface area contributed by atoms with Crippen LogP contribution in [0, 0.1) is 11.8 Å². The van der Waals surface area contributed by atoms with Crippen LogP contribution >= 0.6 is 11.8 Å². The first-order chi connectivity index (χ1) is 6.96. The third kappa shape index (κ3) is 3.68. The maximum atomic E-state index is 11.2. The zero-order valence-electron chi connectivity index (χ0n) is 8.68. The Morgan fingerprint density at radius 2 is 2.00 bits per heavy atom. The normalized spacial score (nSPS) is 23.5. The highest BCUT2D eigenvalue weighted by atomic mass is 32.2. The van der Waals surface area contributed by atoms with Crippen LogP contribution in [0.5, 0.6) is 0 Å². The van der Waals surface area contributed by atoms with E-state index >= 15 is 0 Å². The fourth-order valence-electron chi connectivity index (χ4n) is 1.90. The van der Waals surface area contributed by atoms with E-state index < -0.39 is 21.7 Å². The maximum absolute atomic E-state index is 11.2. The van der Waals surface area contributed by atoms with Crippen LogP contribution in [0.15, 0.2) is 0 Å². The summed E-state index contributed by atoms with van der Waals surface area (Å²) < 4.78 is 22.4. The van der Waals surface area contributed by atoms with E-state index in [1.165, 1.54) is 11.8 Å². The fourth-order valence-corrected chi connectivity index (χ4v) is 4.20. The molecule has 1 heterocycles. The van der Waals surface area contributed by atoms with Crippen LogP contribution in [0.4, 0.5) is 0 Å². The molecule has 1 unspecified atom stereocenters. The van der Waals surface area contributed by atoms with Gasteiger partial charge in [0.25, 0.3) is 0 Å². The lowest BCUT2D eigenvalue weighted by molar-refractivity contribution is -0.142. The Hall–Kier alpha value is -0.230. The predicted molar refractivity (Wildman–Crippen MR) is 60.9 cm³/mol. The fraction of sp³-hybridized carbons (Fsp3) is 0.889. The molecule has 0 radical (unpaired) electrons. The Morgan fingerprint density at radius 1 is 1.47 bits per heavy atom. The van der Waals surface area contributed by atoms with Gasteiger partial charge in [-0.15, -0.1) is 0 Å². The highest BCUT2D eigenvalue weighted by Gasteiger charge is 2.33. The number of hydrogen-bond acceptors (Lipinski definition) is 4. The van der Waals surface area contributed by atoms with Crippen molar-refractivity contribution in [2.24, 2.45) is 11.8 Å². The number of carboxylic acids is 1. The van der Waals surface area contributed by atoms with Crippen molar-refractivity contribution in [2.75, 3.05) is 23.5 Å². The Morgan fingerprint density at radius 3 is 2.40 bits per heavy atom. The molecular weight excluding hydrogens is 236 g/mol. The van der Waals surface area contributed by atoms with Crippen LogP contribution in [0.3, 0.4) is 0 Å². The predicted octanol–water partition coefficient (Wildman–Crippen LogP) is 0.875. The number of thioether (sulfide) groups is 1. The molecule has 1 N–H and O–H groups in total. The van der Waals surface area contributed by atoms with Gasteiger partial charge in [-0.3, -0.25) is 4.79 Å². The molecular formula is C9H16O4S2. The summed E-state index contributed by atoms with van der Waals surface area (Å²) in [6.45, 7) is 0. The van der Waals surface area contributed by atoms with Crippen molar-refractivity contribution in [3.8, 4) is 0 Å². The van der Waals surface area contributed by atoms with Gasteiger partial charge in [0, 0.05) is 5.75 Å². The molecule has 0 aliphatic carbocycles. The molecule has 1 saturated heterocycles. The molecule has 6 heteroatoms. The van der Waals surface area contributed by atoms with E-state index in [2.05, 4.69) is 0 Å². The van der Waals surface area contributed by atoms with Crippen molar-refractivity contribution < 1.29 is 18.3 Å². The number of carboxylic acid groups (broad SMARTS) is 1. The minimum absolute atomic E-state index is 0.0264. The highest BCUT2D eigenvalue weighted by Crippen LogP contribution is 2.28. The van der Waals surface area contributed by atoms with Crippen molar-refractivity contribution >= 4 is 27.6 Å². The summed E-state index contributed by atoms with van der Waals surface area (Å²) in [5.41, 5.74) is 0. The lowest BCUT2D eigenvalue weighted by atomic mass is 9.89. The Balaban J connectivity index is 2.60. The van der Waals surface area contributed by atoms with Crippen LogP contribution in [0.25, 0.3) is 0 Å². The van der Waals surface area contributed by atoms with Crippen LogP contribution in [-0.2, 0) is 14.6 Å². The van der Waals surface area contributed by atoms with E-state index in [-0.39, 0.29) is 17.4 Å². The molecule has 1 aliphatic heterocycles. The summed E-state index contributed by atoms with van der Waals surface area (Å²) in [5, 5.41) is 9.02. The SMILES string of the molecule is CSCC(C(=O)O)C1CCS(=O)(=O)CC1. The monoisotopic (exact) mass is 252 g/mol. The summed E-state index contributed by atoms with van der Waals surface area (Å²) in [7, 11) is -2.89. The van der Waals surface area contributed by atoms with E-state index in [1.807, 2.05) is 6.26 Å². The number of hydrogen-bond donors (Lipinski definition) is 1. The molecule has 0 saturated carbocycles. The van der Waals surface area contributed by atoms with Gasteiger partial charge in [0.05, 0.1) is 17.4 Å². The third-order valence-electron chi connectivity index (χ3n) is 2.83. The molecule has 0 amide bonds. The van der Waals surface area contributed by atoms with Crippen LogP contribution in [0.1, 0.15) is 12.8 Å². The number of aliphatic carboxylic acids is 1. The van der Waals surface area contributed by atoms with Crippen molar-refractivity contribution in [3.63, 3.8) is 0 Å². The first-order valence-corrected chi connectivity index (χ1v) is 8.10. The minimum Gasteiger partial charge on any atom is -0.481 e. The molecule has 0 spiro atoms. The summed E-state index contributed by atoms with van der Waals surface area (Å²) in [6, 6.07) is 0. The lowest BCUT2D eigenvalue weighted by Crippen LogP contribution is -2.33. The van der Waals surface area contributed by atoms with Crippen molar-refractivity contribution in [3.05, 3.63) is 0 Å². The molecule has 1 fully saturated rings. The molecule has 0 aromatic rings. The van der Waals surface area contributed by atoms with Crippen molar-refractivity contribution in [1.29, 1.82) is 0 Å². The first-order valence-electron chi connectivity index (χ1n) is 4.88. The van der Waals surface area contributed by atoms with Gasteiger partial charge in [0.15, 0.2) is 0 Å². The van der Waals surface area contributed by atoms with Crippen molar-refractivity contribution in [1.82, 2.24) is 0 Å². The standard InChI is InChI=1S/C9H16O4S2/c1-14-6-8(9(10)11)7-2-4-15(12,13)5-3-7/h7-8H,2-6H2,1H3,(H,10,11). The number of carbonyl (C=O) groups is 1. The zero-order chi connectivity index (χ0) is 11.5. The average Bonchev–Trinajstić information content (AvgIpc) is 2.14. The van der Waals surface area contributed by atoms with E-state index in [9.17, 15) is 13.2 Å². The highest BCUT2D eigenvalue weighted by molar-refractivity contribution is 7.98. The molecule has 1 atom stereocenters. The van der Waals surface area contributed by atoms with E-state index in [1.54, 1.807) is 0 Å². The van der Waals surface area contributed by atoms with Crippen LogP contribution in [0.2, 0.25) is 0 Å². The van der Waals surface area contributed by atoms with Gasteiger partial charge >= 0.3 is 5.97 Å².